The molecule has 0 radical (unpaired) electrons. The molecule has 0 bridgehead atoms. The predicted octanol–water partition coefficient (Wildman–Crippen LogP) is 3.37. The number of hydrogen-bond donors (Lipinski definition) is 3. The average Bonchev–Trinajstić information content (AvgIpc) is 3.02. The Labute approximate surface area is 146 Å². The monoisotopic (exact) mass is 348 g/mol. The van der Waals surface area contributed by atoms with Crippen LogP contribution in [0.1, 0.15) is 26.7 Å². The number of amides is 2. The van der Waals surface area contributed by atoms with Crippen molar-refractivity contribution < 1.29 is 9.90 Å². The van der Waals surface area contributed by atoms with Crippen LogP contribution in [-0.2, 0) is 0 Å². The highest BCUT2D eigenvalue weighted by Crippen LogP contribution is 2.24. The molecule has 24 heavy (non-hydrogen) atoms. The van der Waals surface area contributed by atoms with E-state index in [1.54, 1.807) is 12.4 Å². The third-order valence-corrected chi connectivity index (χ3v) is 4.33. The van der Waals surface area contributed by atoms with Crippen LogP contribution < -0.4 is 10.6 Å². The number of urea groups is 1. The standard InChI is InChI=1S/C17H24N4O2S/c1-12(2)8-13(5-7-22)9-19-16(23)21-17-20-15(11-24-17)14-4-3-6-18-10-14/h3-4,6,10-13,22H,5,7-9H2,1-2H3,(H2,19,20,21,23). The summed E-state index contributed by atoms with van der Waals surface area (Å²) in [6.45, 7) is 4.97. The number of thiazole rings is 1. The number of aromatic nitrogens is 2. The minimum absolute atomic E-state index is 0.141. The number of carbonyl (C=O) groups excluding carboxylic acids is 1. The Morgan fingerprint density at radius 1 is 1.42 bits per heavy atom. The van der Waals surface area contributed by atoms with Crippen molar-refractivity contribution in [3.05, 3.63) is 29.9 Å². The lowest BCUT2D eigenvalue weighted by atomic mass is 9.94. The number of nitrogens with zero attached hydrogens (tertiary/aromatic N) is 2. The first-order valence-electron chi connectivity index (χ1n) is 8.10. The van der Waals surface area contributed by atoms with Gasteiger partial charge in [-0.3, -0.25) is 10.3 Å². The second-order valence-corrected chi connectivity index (χ2v) is 6.98. The summed E-state index contributed by atoms with van der Waals surface area (Å²) in [6, 6.07) is 3.51. The minimum Gasteiger partial charge on any atom is -0.396 e. The van der Waals surface area contributed by atoms with Gasteiger partial charge in [-0.2, -0.15) is 0 Å². The van der Waals surface area contributed by atoms with Crippen LogP contribution in [0.15, 0.2) is 29.9 Å². The van der Waals surface area contributed by atoms with Gasteiger partial charge in [0.05, 0.1) is 5.69 Å². The summed E-state index contributed by atoms with van der Waals surface area (Å²) in [5.41, 5.74) is 1.71. The van der Waals surface area contributed by atoms with Crippen molar-refractivity contribution >= 4 is 22.5 Å². The van der Waals surface area contributed by atoms with Gasteiger partial charge in [0.2, 0.25) is 0 Å². The van der Waals surface area contributed by atoms with Gasteiger partial charge in [-0.1, -0.05) is 13.8 Å². The van der Waals surface area contributed by atoms with Crippen molar-refractivity contribution in [2.45, 2.75) is 26.7 Å². The number of nitrogens with one attached hydrogen (secondary N) is 2. The normalized spacial score (nSPS) is 12.2. The van der Waals surface area contributed by atoms with Crippen LogP contribution in [-0.4, -0.2) is 34.3 Å². The van der Waals surface area contributed by atoms with Crippen LogP contribution in [0.4, 0.5) is 9.93 Å². The molecule has 1 atom stereocenters. The number of hydrogen-bond acceptors (Lipinski definition) is 5. The van der Waals surface area contributed by atoms with Crippen LogP contribution in [0.25, 0.3) is 11.3 Å². The molecule has 0 spiro atoms. The summed E-state index contributed by atoms with van der Waals surface area (Å²) >= 11 is 1.38. The molecule has 0 aliphatic heterocycles. The fraction of sp³-hybridized carbons (Fsp3) is 0.471. The van der Waals surface area contributed by atoms with E-state index in [9.17, 15) is 4.79 Å². The van der Waals surface area contributed by atoms with Crippen molar-refractivity contribution in [1.29, 1.82) is 0 Å². The van der Waals surface area contributed by atoms with E-state index in [4.69, 9.17) is 5.11 Å². The lowest BCUT2D eigenvalue weighted by molar-refractivity contribution is 0.231. The molecule has 2 amide bonds. The summed E-state index contributed by atoms with van der Waals surface area (Å²) < 4.78 is 0. The Morgan fingerprint density at radius 3 is 2.92 bits per heavy atom. The number of aliphatic hydroxyl groups excluding tert-OH is 1. The highest BCUT2D eigenvalue weighted by atomic mass is 32.1. The van der Waals surface area contributed by atoms with Gasteiger partial charge in [-0.05, 0) is 36.8 Å². The van der Waals surface area contributed by atoms with Crippen LogP contribution >= 0.6 is 11.3 Å². The maximum Gasteiger partial charge on any atom is 0.321 e. The summed E-state index contributed by atoms with van der Waals surface area (Å²) in [4.78, 5) is 20.5. The van der Waals surface area contributed by atoms with Crippen molar-refractivity contribution in [2.75, 3.05) is 18.5 Å². The Kier molecular flexibility index (Phi) is 7.14. The third-order valence-electron chi connectivity index (χ3n) is 3.58. The van der Waals surface area contributed by atoms with Crippen molar-refractivity contribution in [3.8, 4) is 11.3 Å². The molecule has 2 aromatic heterocycles. The molecule has 0 saturated carbocycles. The molecular formula is C17H24N4O2S. The zero-order chi connectivity index (χ0) is 17.4. The van der Waals surface area contributed by atoms with Gasteiger partial charge < -0.3 is 10.4 Å². The number of rotatable bonds is 8. The third kappa shape index (κ3) is 5.90. The molecule has 3 N–H and O–H groups in total. The van der Waals surface area contributed by atoms with Crippen LogP contribution in [0, 0.1) is 11.8 Å². The first-order valence-corrected chi connectivity index (χ1v) is 8.98. The fourth-order valence-electron chi connectivity index (χ4n) is 2.51. The number of anilines is 1. The van der Waals surface area contributed by atoms with Gasteiger partial charge in [-0.25, -0.2) is 9.78 Å². The first kappa shape index (κ1) is 18.4. The molecule has 2 rings (SSSR count). The van der Waals surface area contributed by atoms with Crippen LogP contribution in [0.3, 0.4) is 0 Å². The number of pyridine rings is 1. The molecule has 0 aromatic carbocycles. The zero-order valence-electron chi connectivity index (χ0n) is 14.0. The Hall–Kier alpha value is -1.99. The van der Waals surface area contributed by atoms with E-state index >= 15 is 0 Å². The molecule has 0 saturated heterocycles. The van der Waals surface area contributed by atoms with Crippen LogP contribution in [0.2, 0.25) is 0 Å². The van der Waals surface area contributed by atoms with E-state index in [1.807, 2.05) is 17.5 Å². The molecule has 0 aliphatic rings. The van der Waals surface area contributed by atoms with Crippen molar-refractivity contribution in [1.82, 2.24) is 15.3 Å². The highest BCUT2D eigenvalue weighted by molar-refractivity contribution is 7.14. The lowest BCUT2D eigenvalue weighted by Crippen LogP contribution is -2.33. The smallest absolute Gasteiger partial charge is 0.321 e. The highest BCUT2D eigenvalue weighted by Gasteiger charge is 2.13. The lowest BCUT2D eigenvalue weighted by Gasteiger charge is -2.18. The molecule has 130 valence electrons. The maximum atomic E-state index is 12.0. The second-order valence-electron chi connectivity index (χ2n) is 6.12. The number of carbonyl (C=O) groups is 1. The Bertz CT molecular complexity index is 631. The van der Waals surface area contributed by atoms with Gasteiger partial charge in [0, 0.05) is 36.5 Å². The van der Waals surface area contributed by atoms with Gasteiger partial charge in [0.25, 0.3) is 0 Å². The molecule has 0 aliphatic carbocycles. The summed E-state index contributed by atoms with van der Waals surface area (Å²) in [5, 5.41) is 17.2. The van der Waals surface area contributed by atoms with E-state index in [0.717, 1.165) is 17.7 Å². The van der Waals surface area contributed by atoms with E-state index in [1.165, 1.54) is 11.3 Å². The fourth-order valence-corrected chi connectivity index (χ4v) is 3.22. The molecule has 7 heteroatoms. The maximum absolute atomic E-state index is 12.0. The van der Waals surface area contributed by atoms with E-state index < -0.39 is 0 Å². The van der Waals surface area contributed by atoms with Gasteiger partial charge in [-0.15, -0.1) is 11.3 Å². The van der Waals surface area contributed by atoms with Crippen molar-refractivity contribution in [2.24, 2.45) is 11.8 Å². The van der Waals surface area contributed by atoms with E-state index in [0.29, 0.717) is 24.0 Å². The Balaban J connectivity index is 1.85. The van der Waals surface area contributed by atoms with Gasteiger partial charge in [0.15, 0.2) is 5.13 Å². The van der Waals surface area contributed by atoms with Gasteiger partial charge >= 0.3 is 6.03 Å². The predicted molar refractivity (Wildman–Crippen MR) is 97.0 cm³/mol. The number of aliphatic hydroxyl groups is 1. The molecule has 0 fully saturated rings. The zero-order valence-corrected chi connectivity index (χ0v) is 14.8. The van der Waals surface area contributed by atoms with Crippen molar-refractivity contribution in [3.63, 3.8) is 0 Å². The topological polar surface area (TPSA) is 87.1 Å². The van der Waals surface area contributed by atoms with Crippen LogP contribution in [0.5, 0.6) is 0 Å². The first-order chi connectivity index (χ1) is 11.6. The molecule has 1 unspecified atom stereocenters. The van der Waals surface area contributed by atoms with E-state index in [-0.39, 0.29) is 18.6 Å². The second kappa shape index (κ2) is 9.34. The largest absolute Gasteiger partial charge is 0.396 e. The molecule has 2 aromatic rings. The molecule has 2 heterocycles. The van der Waals surface area contributed by atoms with E-state index in [2.05, 4.69) is 34.4 Å². The summed E-state index contributed by atoms with van der Waals surface area (Å²) in [5.74, 6) is 0.815. The minimum atomic E-state index is -0.270. The quantitative estimate of drug-likeness (QED) is 0.682. The summed E-state index contributed by atoms with van der Waals surface area (Å²) in [7, 11) is 0. The molecule has 6 nitrogen and oxygen atoms in total. The molecular weight excluding hydrogens is 324 g/mol. The average molecular weight is 348 g/mol. The Morgan fingerprint density at radius 2 is 2.25 bits per heavy atom. The summed E-state index contributed by atoms with van der Waals surface area (Å²) in [6.07, 6.45) is 5.12. The van der Waals surface area contributed by atoms with Gasteiger partial charge in [0.1, 0.15) is 0 Å². The SMILES string of the molecule is CC(C)CC(CCO)CNC(=O)Nc1nc(-c2cccnc2)cs1.